The Morgan fingerprint density at radius 3 is 2.64 bits per heavy atom. The van der Waals surface area contributed by atoms with Crippen LogP contribution in [0, 0.1) is 11.6 Å². The predicted molar refractivity (Wildman–Crippen MR) is 53.3 cm³/mol. The molecule has 0 unspecified atom stereocenters. The summed E-state index contributed by atoms with van der Waals surface area (Å²) in [6, 6.07) is 2.20. The van der Waals surface area contributed by atoms with Crippen LogP contribution in [-0.4, -0.2) is 12.2 Å². The minimum atomic E-state index is -1.04. The van der Waals surface area contributed by atoms with E-state index in [4.69, 9.17) is 5.73 Å². The summed E-state index contributed by atoms with van der Waals surface area (Å²) >= 11 is 4.54. The summed E-state index contributed by atoms with van der Waals surface area (Å²) in [4.78, 5) is 0. The molecule has 6 heteroatoms. The fraction of sp³-hybridized carbons (Fsp3) is 0.125. The maximum Gasteiger partial charge on any atom is 0.200 e. The molecule has 0 fully saturated rings. The molecule has 0 spiro atoms. The molecule has 1 rings (SSSR count). The topological polar surface area (TPSA) is 47.3 Å². The zero-order chi connectivity index (χ0) is 10.7. The number of nitrogens with one attached hydrogen (secondary N) is 1. The molecular weight excluding hydrogens is 210 g/mol. The summed E-state index contributed by atoms with van der Waals surface area (Å²) in [5.74, 6) is -2.27. The Morgan fingerprint density at radius 1 is 1.50 bits per heavy atom. The van der Waals surface area contributed by atoms with Crippen molar-refractivity contribution in [3.8, 4) is 5.75 Å². The molecule has 3 N–H and O–H groups in total. The maximum absolute atomic E-state index is 12.9. The second-order valence-electron chi connectivity index (χ2n) is 2.46. The molecular formula is C8H8F2N2OS. The Kier molecular flexibility index (Phi) is 3.19. The predicted octanol–water partition coefficient (Wildman–Crippen LogP) is 1.63. The molecule has 0 bridgehead atoms. The van der Waals surface area contributed by atoms with Crippen LogP contribution in [0.4, 0.5) is 14.5 Å². The lowest BCUT2D eigenvalue weighted by Crippen LogP contribution is -2.19. The van der Waals surface area contributed by atoms with Crippen molar-refractivity contribution in [1.82, 2.24) is 0 Å². The van der Waals surface area contributed by atoms with Crippen LogP contribution in [0.1, 0.15) is 0 Å². The van der Waals surface area contributed by atoms with Crippen molar-refractivity contribution >= 4 is 23.0 Å². The van der Waals surface area contributed by atoms with E-state index in [0.717, 1.165) is 6.07 Å². The van der Waals surface area contributed by atoms with Crippen LogP contribution in [0.5, 0.6) is 5.75 Å². The summed E-state index contributed by atoms with van der Waals surface area (Å²) in [5.41, 5.74) is 5.41. The summed E-state index contributed by atoms with van der Waals surface area (Å²) in [6.07, 6.45) is 0. The van der Waals surface area contributed by atoms with Crippen LogP contribution in [0.25, 0.3) is 0 Å². The van der Waals surface area contributed by atoms with E-state index in [1.807, 2.05) is 0 Å². The van der Waals surface area contributed by atoms with E-state index in [2.05, 4.69) is 22.3 Å². The number of anilines is 1. The molecule has 1 aromatic carbocycles. The first-order valence-corrected chi connectivity index (χ1v) is 4.05. The molecule has 0 saturated carbocycles. The van der Waals surface area contributed by atoms with Crippen LogP contribution in [-0.2, 0) is 0 Å². The molecule has 14 heavy (non-hydrogen) atoms. The fourth-order valence-corrected chi connectivity index (χ4v) is 1.04. The second kappa shape index (κ2) is 4.19. The normalized spacial score (nSPS) is 9.64. The van der Waals surface area contributed by atoms with Gasteiger partial charge in [0, 0.05) is 17.8 Å². The maximum atomic E-state index is 12.9. The number of thiocarbonyl (C=S) groups is 1. The molecule has 0 radical (unpaired) electrons. The van der Waals surface area contributed by atoms with Gasteiger partial charge in [-0.25, -0.2) is 4.39 Å². The van der Waals surface area contributed by atoms with Gasteiger partial charge in [-0.15, -0.1) is 0 Å². The first-order chi connectivity index (χ1) is 6.54. The molecule has 0 aliphatic rings. The lowest BCUT2D eigenvalue weighted by Gasteiger charge is -2.07. The average Bonchev–Trinajstić information content (AvgIpc) is 2.10. The van der Waals surface area contributed by atoms with Crippen molar-refractivity contribution in [2.75, 3.05) is 12.4 Å². The highest BCUT2D eigenvalue weighted by atomic mass is 32.1. The van der Waals surface area contributed by atoms with Gasteiger partial charge in [-0.2, -0.15) is 4.39 Å². The molecule has 0 amide bonds. The van der Waals surface area contributed by atoms with Gasteiger partial charge in [-0.05, 0) is 12.2 Å². The van der Waals surface area contributed by atoms with Crippen molar-refractivity contribution in [3.63, 3.8) is 0 Å². The Hall–Kier alpha value is -1.43. The van der Waals surface area contributed by atoms with Gasteiger partial charge in [-0.1, -0.05) is 0 Å². The van der Waals surface area contributed by atoms with Gasteiger partial charge in [0.05, 0.1) is 7.11 Å². The minimum Gasteiger partial charge on any atom is -0.493 e. The standard InChI is InChI=1S/C8H8F2N2OS/c1-13-6-3-4(12-8(11)14)2-5(9)7(6)10/h2-3H,1H3,(H3,11,12,14). The number of hydrogen-bond donors (Lipinski definition) is 2. The zero-order valence-electron chi connectivity index (χ0n) is 7.30. The molecule has 0 aliphatic heterocycles. The second-order valence-corrected chi connectivity index (χ2v) is 2.90. The third kappa shape index (κ3) is 2.29. The fourth-order valence-electron chi connectivity index (χ4n) is 0.927. The summed E-state index contributed by atoms with van der Waals surface area (Å²) in [7, 11) is 1.24. The van der Waals surface area contributed by atoms with Gasteiger partial charge in [0.25, 0.3) is 0 Å². The first kappa shape index (κ1) is 10.6. The van der Waals surface area contributed by atoms with Crippen molar-refractivity contribution < 1.29 is 13.5 Å². The first-order valence-electron chi connectivity index (χ1n) is 3.64. The quantitative estimate of drug-likeness (QED) is 0.741. The van der Waals surface area contributed by atoms with Crippen LogP contribution >= 0.6 is 12.2 Å². The van der Waals surface area contributed by atoms with E-state index in [9.17, 15) is 8.78 Å². The average molecular weight is 218 g/mol. The monoisotopic (exact) mass is 218 g/mol. The van der Waals surface area contributed by atoms with Crippen LogP contribution < -0.4 is 15.8 Å². The zero-order valence-corrected chi connectivity index (χ0v) is 8.12. The molecule has 76 valence electrons. The van der Waals surface area contributed by atoms with Gasteiger partial charge < -0.3 is 15.8 Å². The number of benzene rings is 1. The smallest absolute Gasteiger partial charge is 0.200 e. The van der Waals surface area contributed by atoms with Crippen molar-refractivity contribution in [2.24, 2.45) is 5.73 Å². The molecule has 0 atom stereocenters. The Labute approximate surface area is 84.9 Å². The van der Waals surface area contributed by atoms with E-state index in [-0.39, 0.29) is 16.5 Å². The summed E-state index contributed by atoms with van der Waals surface area (Å²) in [5, 5.41) is 2.44. The highest BCUT2D eigenvalue weighted by Crippen LogP contribution is 2.24. The van der Waals surface area contributed by atoms with E-state index < -0.39 is 11.6 Å². The summed E-state index contributed by atoms with van der Waals surface area (Å²) < 4.78 is 30.4. The number of nitrogens with two attached hydrogens (primary N) is 1. The molecule has 3 nitrogen and oxygen atoms in total. The SMILES string of the molecule is COc1cc(NC(N)=S)cc(F)c1F. The Bertz CT molecular complexity index is 371. The molecule has 0 heterocycles. The number of ether oxygens (including phenoxy) is 1. The van der Waals surface area contributed by atoms with E-state index in [1.165, 1.54) is 13.2 Å². The third-order valence-corrected chi connectivity index (χ3v) is 1.58. The lowest BCUT2D eigenvalue weighted by molar-refractivity contribution is 0.372. The minimum absolute atomic E-state index is 0.0296. The van der Waals surface area contributed by atoms with E-state index in [0.29, 0.717) is 0 Å². The lowest BCUT2D eigenvalue weighted by atomic mass is 10.2. The molecule has 0 saturated heterocycles. The third-order valence-electron chi connectivity index (χ3n) is 1.48. The van der Waals surface area contributed by atoms with E-state index >= 15 is 0 Å². The van der Waals surface area contributed by atoms with Crippen LogP contribution in [0.2, 0.25) is 0 Å². The largest absolute Gasteiger partial charge is 0.493 e. The van der Waals surface area contributed by atoms with Crippen LogP contribution in [0.3, 0.4) is 0 Å². The van der Waals surface area contributed by atoms with Gasteiger partial charge >= 0.3 is 0 Å². The van der Waals surface area contributed by atoms with Gasteiger partial charge in [-0.3, -0.25) is 0 Å². The Balaban J connectivity index is 3.09. The van der Waals surface area contributed by atoms with Crippen molar-refractivity contribution in [3.05, 3.63) is 23.8 Å². The van der Waals surface area contributed by atoms with Crippen molar-refractivity contribution in [2.45, 2.75) is 0 Å². The number of rotatable bonds is 2. The molecule has 0 aromatic heterocycles. The van der Waals surface area contributed by atoms with Crippen molar-refractivity contribution in [1.29, 1.82) is 0 Å². The van der Waals surface area contributed by atoms with Gasteiger partial charge in [0.1, 0.15) is 0 Å². The highest BCUT2D eigenvalue weighted by Gasteiger charge is 2.11. The van der Waals surface area contributed by atoms with Gasteiger partial charge in [0.15, 0.2) is 16.7 Å². The number of halogens is 2. The molecule has 0 aliphatic carbocycles. The highest BCUT2D eigenvalue weighted by molar-refractivity contribution is 7.80. The van der Waals surface area contributed by atoms with Crippen LogP contribution in [0.15, 0.2) is 12.1 Å². The van der Waals surface area contributed by atoms with E-state index in [1.54, 1.807) is 0 Å². The Morgan fingerprint density at radius 2 is 2.14 bits per heavy atom. The number of methoxy groups -OCH3 is 1. The number of hydrogen-bond acceptors (Lipinski definition) is 2. The van der Waals surface area contributed by atoms with Gasteiger partial charge in [0.2, 0.25) is 5.82 Å². The molecule has 1 aromatic rings. The summed E-state index contributed by atoms with van der Waals surface area (Å²) in [6.45, 7) is 0.